The van der Waals surface area contributed by atoms with Gasteiger partial charge < -0.3 is 20.3 Å². The third kappa shape index (κ3) is 3.22. The maximum Gasteiger partial charge on any atom is 0.226 e. The van der Waals surface area contributed by atoms with Crippen LogP contribution in [0.15, 0.2) is 30.6 Å². The third-order valence-corrected chi connectivity index (χ3v) is 4.55. The van der Waals surface area contributed by atoms with E-state index in [9.17, 15) is 10.2 Å². The number of hydrogen-bond donors (Lipinski definition) is 3. The van der Waals surface area contributed by atoms with Crippen LogP contribution in [0.3, 0.4) is 0 Å². The molecule has 10 heteroatoms. The lowest BCUT2D eigenvalue weighted by molar-refractivity contribution is -0.0162. The first-order valence-corrected chi connectivity index (χ1v) is 8.64. The molecule has 0 aliphatic carbocycles. The van der Waals surface area contributed by atoms with Crippen molar-refractivity contribution < 1.29 is 14.9 Å². The molecule has 3 N–H and O–H groups in total. The number of aromatic nitrogens is 4. The minimum atomic E-state index is -1.08. The number of nitrogens with zero attached hydrogens (tertiary/aromatic N) is 4. The van der Waals surface area contributed by atoms with Gasteiger partial charge in [0.05, 0.1) is 12.9 Å². The number of nitrogens with one attached hydrogen (secondary N) is 1. The number of anilines is 1. The molecule has 1 aliphatic rings. The fourth-order valence-corrected chi connectivity index (χ4v) is 3.24. The fourth-order valence-electron chi connectivity index (χ4n) is 2.86. The maximum atomic E-state index is 10.1. The second kappa shape index (κ2) is 6.98. The summed E-state index contributed by atoms with van der Waals surface area (Å²) in [7, 11) is 0. The minimum Gasteiger partial charge on any atom is -0.388 e. The highest BCUT2D eigenvalue weighted by Crippen LogP contribution is 2.29. The van der Waals surface area contributed by atoms with Crippen LogP contribution in [0.4, 0.5) is 5.82 Å². The summed E-state index contributed by atoms with van der Waals surface area (Å²) in [6, 6.07) is 7.44. The van der Waals surface area contributed by atoms with Gasteiger partial charge in [-0.1, -0.05) is 23.7 Å². The van der Waals surface area contributed by atoms with Gasteiger partial charge in [0.25, 0.3) is 0 Å². The van der Waals surface area contributed by atoms with E-state index in [-0.39, 0.29) is 11.9 Å². The summed E-state index contributed by atoms with van der Waals surface area (Å²) in [5.41, 5.74) is 1.85. The molecule has 2 aromatic heterocycles. The normalized spacial score (nSPS) is 22.8. The first-order chi connectivity index (χ1) is 12.5. The third-order valence-electron chi connectivity index (χ3n) is 4.14. The summed E-state index contributed by atoms with van der Waals surface area (Å²) in [6.45, 7) is 0.501. The van der Waals surface area contributed by atoms with E-state index in [1.54, 1.807) is 6.07 Å². The van der Waals surface area contributed by atoms with Gasteiger partial charge in [0, 0.05) is 11.6 Å². The monoisotopic (exact) mass is 395 g/mol. The predicted molar refractivity (Wildman–Crippen MR) is 96.1 cm³/mol. The highest BCUT2D eigenvalue weighted by molar-refractivity contribution is 6.30. The van der Waals surface area contributed by atoms with E-state index in [0.717, 1.165) is 5.56 Å². The fraction of sp³-hybridized carbons (Fsp3) is 0.312. The second-order valence-electron chi connectivity index (χ2n) is 5.93. The molecule has 0 spiro atoms. The summed E-state index contributed by atoms with van der Waals surface area (Å²) >= 11 is 12.1. The van der Waals surface area contributed by atoms with Crippen LogP contribution in [0, 0.1) is 0 Å². The Balaban J connectivity index is 1.66. The highest BCUT2D eigenvalue weighted by atomic mass is 35.5. The quantitative estimate of drug-likeness (QED) is 0.580. The van der Waals surface area contributed by atoms with Gasteiger partial charge in [0.1, 0.15) is 12.2 Å². The summed E-state index contributed by atoms with van der Waals surface area (Å²) in [5.74, 6) is 0.451. The van der Waals surface area contributed by atoms with Crippen LogP contribution in [-0.4, -0.2) is 48.5 Å². The predicted octanol–water partition coefficient (Wildman–Crippen LogP) is 2.00. The Kier molecular flexibility index (Phi) is 4.68. The molecule has 0 unspecified atom stereocenters. The zero-order chi connectivity index (χ0) is 18.3. The molecule has 136 valence electrons. The Morgan fingerprint density at radius 1 is 1.27 bits per heavy atom. The van der Waals surface area contributed by atoms with E-state index in [1.807, 2.05) is 18.2 Å². The number of benzene rings is 1. The maximum absolute atomic E-state index is 10.1. The molecule has 1 fully saturated rings. The molecule has 0 amide bonds. The van der Waals surface area contributed by atoms with E-state index in [4.69, 9.17) is 27.9 Å². The van der Waals surface area contributed by atoms with Crippen molar-refractivity contribution in [1.82, 2.24) is 19.5 Å². The molecule has 8 nitrogen and oxygen atoms in total. The Morgan fingerprint density at radius 2 is 2.12 bits per heavy atom. The molecule has 1 aromatic carbocycles. The highest BCUT2D eigenvalue weighted by Gasteiger charge is 2.37. The van der Waals surface area contributed by atoms with Crippen molar-refractivity contribution in [3.05, 3.63) is 46.5 Å². The van der Waals surface area contributed by atoms with Crippen LogP contribution >= 0.6 is 23.2 Å². The molecular weight excluding hydrogens is 381 g/mol. The van der Waals surface area contributed by atoms with E-state index >= 15 is 0 Å². The molecule has 3 heterocycles. The Labute approximate surface area is 158 Å². The average Bonchev–Trinajstić information content (AvgIpc) is 3.17. The van der Waals surface area contributed by atoms with Crippen LogP contribution in [0.2, 0.25) is 10.3 Å². The smallest absolute Gasteiger partial charge is 0.226 e. The number of fused-ring (bicyclic) bond motifs is 1. The largest absolute Gasteiger partial charge is 0.388 e. The number of hydrogen-bond acceptors (Lipinski definition) is 7. The van der Waals surface area contributed by atoms with Crippen molar-refractivity contribution in [1.29, 1.82) is 0 Å². The molecule has 0 radical (unpaired) electrons. The first kappa shape index (κ1) is 17.4. The lowest BCUT2D eigenvalue weighted by atomic mass is 10.2. The standard InChI is InChI=1S/C16H15Cl2N5O3/c17-9-3-1-2-8(4-9)5-19-13-11-14(22-16(18)21-13)23(7-20-11)15-12(25)10(24)6-26-15/h1-4,7,10,12,15,24-25H,5-6H2,(H,19,21,22)/t10-,12-,15-/m1/s1. The van der Waals surface area contributed by atoms with E-state index in [1.165, 1.54) is 10.9 Å². The van der Waals surface area contributed by atoms with Crippen LogP contribution in [0.5, 0.6) is 0 Å². The van der Waals surface area contributed by atoms with Gasteiger partial charge in [-0.05, 0) is 29.3 Å². The second-order valence-corrected chi connectivity index (χ2v) is 6.71. The number of imidazole rings is 1. The zero-order valence-electron chi connectivity index (χ0n) is 13.4. The van der Waals surface area contributed by atoms with Crippen molar-refractivity contribution >= 4 is 40.2 Å². The van der Waals surface area contributed by atoms with Gasteiger partial charge >= 0.3 is 0 Å². The van der Waals surface area contributed by atoms with E-state index in [2.05, 4.69) is 20.3 Å². The molecule has 0 saturated carbocycles. The Morgan fingerprint density at radius 3 is 2.85 bits per heavy atom. The minimum absolute atomic E-state index is 0.0286. The molecule has 1 aliphatic heterocycles. The molecule has 26 heavy (non-hydrogen) atoms. The van der Waals surface area contributed by atoms with Crippen LogP contribution in [-0.2, 0) is 11.3 Å². The first-order valence-electron chi connectivity index (χ1n) is 7.89. The van der Waals surface area contributed by atoms with Crippen molar-refractivity contribution in [2.45, 2.75) is 25.0 Å². The molecule has 3 atom stereocenters. The van der Waals surface area contributed by atoms with Crippen molar-refractivity contribution in [3.63, 3.8) is 0 Å². The SMILES string of the molecule is O[C@@H]1[C@H](O)CO[C@H]1n1cnc2c(NCc3cccc(Cl)c3)nc(Cl)nc21. The summed E-state index contributed by atoms with van der Waals surface area (Å²) in [4.78, 5) is 12.7. The van der Waals surface area contributed by atoms with E-state index < -0.39 is 18.4 Å². The molecule has 4 rings (SSSR count). The van der Waals surface area contributed by atoms with Gasteiger partial charge in [-0.15, -0.1) is 0 Å². The van der Waals surface area contributed by atoms with E-state index in [0.29, 0.717) is 28.5 Å². The van der Waals surface area contributed by atoms with Gasteiger partial charge in [-0.3, -0.25) is 4.57 Å². The molecular formula is C16H15Cl2N5O3. The number of rotatable bonds is 4. The Hall–Kier alpha value is -1.97. The molecule has 1 saturated heterocycles. The van der Waals surface area contributed by atoms with Crippen molar-refractivity contribution in [2.75, 3.05) is 11.9 Å². The number of halogens is 2. The van der Waals surface area contributed by atoms with Crippen molar-refractivity contribution in [3.8, 4) is 0 Å². The van der Waals surface area contributed by atoms with Gasteiger partial charge in [-0.25, -0.2) is 4.98 Å². The van der Waals surface area contributed by atoms with Gasteiger partial charge in [-0.2, -0.15) is 9.97 Å². The summed E-state index contributed by atoms with van der Waals surface area (Å²) in [6.07, 6.45) is -1.35. The van der Waals surface area contributed by atoms with Crippen LogP contribution in [0.25, 0.3) is 11.2 Å². The van der Waals surface area contributed by atoms with Crippen LogP contribution in [0.1, 0.15) is 11.8 Å². The van der Waals surface area contributed by atoms with Gasteiger partial charge in [0.2, 0.25) is 5.28 Å². The van der Waals surface area contributed by atoms with Crippen LogP contribution < -0.4 is 5.32 Å². The Bertz CT molecular complexity index is 951. The number of ether oxygens (including phenoxy) is 1. The molecule has 0 bridgehead atoms. The summed E-state index contributed by atoms with van der Waals surface area (Å²) < 4.78 is 6.97. The lowest BCUT2D eigenvalue weighted by Gasteiger charge is -2.16. The average molecular weight is 396 g/mol. The molecule has 3 aromatic rings. The number of aliphatic hydroxyl groups is 2. The van der Waals surface area contributed by atoms with Gasteiger partial charge in [0.15, 0.2) is 23.2 Å². The van der Waals surface area contributed by atoms with Crippen molar-refractivity contribution in [2.24, 2.45) is 0 Å². The lowest BCUT2D eigenvalue weighted by Crippen LogP contribution is -2.28. The number of aliphatic hydroxyl groups excluding tert-OH is 2. The summed E-state index contributed by atoms with van der Waals surface area (Å²) in [5, 5.41) is 23.6. The zero-order valence-corrected chi connectivity index (χ0v) is 14.9. The topological polar surface area (TPSA) is 105 Å².